The van der Waals surface area contributed by atoms with Gasteiger partial charge in [-0.05, 0) is 17.5 Å². The number of piperazine rings is 1. The van der Waals surface area contributed by atoms with E-state index >= 15 is 0 Å². The van der Waals surface area contributed by atoms with Crippen molar-refractivity contribution in [2.24, 2.45) is 12.0 Å². The number of rotatable bonds is 3. The lowest BCUT2D eigenvalue weighted by Crippen LogP contribution is -2.52. The van der Waals surface area contributed by atoms with Crippen LogP contribution in [0, 0.1) is 0 Å². The summed E-state index contributed by atoms with van der Waals surface area (Å²) in [6.45, 7) is 4.81. The molecule has 0 spiro atoms. The summed E-state index contributed by atoms with van der Waals surface area (Å²) in [5.41, 5.74) is 1.17. The fourth-order valence-corrected chi connectivity index (χ4v) is 3.45. The summed E-state index contributed by atoms with van der Waals surface area (Å²) in [6, 6.07) is 4.30. The van der Waals surface area contributed by atoms with Gasteiger partial charge in [-0.2, -0.15) is 5.10 Å². The number of nitrogens with one attached hydrogen (secondary N) is 1. The third kappa shape index (κ3) is 3.41. The van der Waals surface area contributed by atoms with Crippen molar-refractivity contribution in [3.8, 4) is 0 Å². The highest BCUT2D eigenvalue weighted by Gasteiger charge is 2.20. The molecule has 118 valence electrons. The number of guanidine groups is 1. The molecule has 0 aliphatic carbocycles. The fourth-order valence-electron chi connectivity index (χ4n) is 2.67. The van der Waals surface area contributed by atoms with Crippen molar-refractivity contribution in [1.82, 2.24) is 20.0 Å². The zero-order chi connectivity index (χ0) is 15.4. The summed E-state index contributed by atoms with van der Waals surface area (Å²) < 4.78 is 1.82. The van der Waals surface area contributed by atoms with E-state index in [1.165, 1.54) is 10.6 Å². The maximum absolute atomic E-state index is 4.41. The molecule has 0 atom stereocenters. The topological polar surface area (TPSA) is 48.7 Å². The van der Waals surface area contributed by atoms with Crippen LogP contribution in [0.15, 0.2) is 34.9 Å². The van der Waals surface area contributed by atoms with Crippen molar-refractivity contribution >= 4 is 22.3 Å². The molecule has 0 amide bonds. The number of hydrogen-bond donors (Lipinski definition) is 1. The normalized spacial score (nSPS) is 16.2. The molecule has 1 saturated heterocycles. The predicted molar refractivity (Wildman–Crippen MR) is 91.5 cm³/mol. The molecule has 6 nitrogen and oxygen atoms in total. The molecule has 2 aromatic heterocycles. The lowest BCUT2D eigenvalue weighted by Gasteiger charge is -2.37. The van der Waals surface area contributed by atoms with Gasteiger partial charge in [-0.1, -0.05) is 0 Å². The van der Waals surface area contributed by atoms with Crippen LogP contribution >= 0.6 is 11.3 Å². The Morgan fingerprint density at radius 2 is 2.18 bits per heavy atom. The van der Waals surface area contributed by atoms with E-state index < -0.39 is 0 Å². The molecule has 3 rings (SSSR count). The van der Waals surface area contributed by atoms with E-state index in [-0.39, 0.29) is 0 Å². The number of aliphatic imine (C=N–C) groups is 1. The molecule has 0 aromatic carbocycles. The molecule has 0 unspecified atom stereocenters. The maximum Gasteiger partial charge on any atom is 0.194 e. The van der Waals surface area contributed by atoms with Gasteiger partial charge in [0.1, 0.15) is 0 Å². The Morgan fingerprint density at radius 1 is 1.36 bits per heavy atom. The van der Waals surface area contributed by atoms with Crippen molar-refractivity contribution in [3.05, 3.63) is 35.5 Å². The SMILES string of the molecule is CN=C(NCc1cnn(C)c1)N1CCN(c2cccs2)CC1. The van der Waals surface area contributed by atoms with Crippen LogP contribution < -0.4 is 10.2 Å². The van der Waals surface area contributed by atoms with Gasteiger partial charge in [0.25, 0.3) is 0 Å². The standard InChI is InChI=1S/C15H22N6S/c1-16-15(17-10-13-11-18-19(2)12-13)21-7-5-20(6-8-21)14-4-3-9-22-14/h3-4,9,11-12H,5-8,10H2,1-2H3,(H,16,17). The smallest absolute Gasteiger partial charge is 0.194 e. The highest BCUT2D eigenvalue weighted by Crippen LogP contribution is 2.22. The molecular weight excluding hydrogens is 296 g/mol. The molecule has 0 radical (unpaired) electrons. The van der Waals surface area contributed by atoms with Crippen LogP contribution in [-0.2, 0) is 13.6 Å². The number of anilines is 1. The Labute approximate surface area is 135 Å². The highest BCUT2D eigenvalue weighted by molar-refractivity contribution is 7.14. The third-order valence-electron chi connectivity index (χ3n) is 3.82. The van der Waals surface area contributed by atoms with Gasteiger partial charge in [-0.25, -0.2) is 0 Å². The van der Waals surface area contributed by atoms with E-state index in [0.29, 0.717) is 0 Å². The third-order valence-corrected chi connectivity index (χ3v) is 4.75. The second-order valence-corrected chi connectivity index (χ2v) is 6.27. The zero-order valence-electron chi connectivity index (χ0n) is 13.1. The first-order valence-corrected chi connectivity index (χ1v) is 8.36. The molecule has 7 heteroatoms. The first-order chi connectivity index (χ1) is 10.8. The van der Waals surface area contributed by atoms with Crippen LogP contribution in [0.25, 0.3) is 0 Å². The Kier molecular flexibility index (Phi) is 4.62. The van der Waals surface area contributed by atoms with Gasteiger partial charge < -0.3 is 15.1 Å². The Bertz CT molecular complexity index is 610. The van der Waals surface area contributed by atoms with Gasteiger partial charge in [0.05, 0.1) is 11.2 Å². The first kappa shape index (κ1) is 14.9. The van der Waals surface area contributed by atoms with Crippen LogP contribution in [0.5, 0.6) is 0 Å². The monoisotopic (exact) mass is 318 g/mol. The van der Waals surface area contributed by atoms with E-state index in [9.17, 15) is 0 Å². The summed E-state index contributed by atoms with van der Waals surface area (Å²) in [7, 11) is 3.78. The van der Waals surface area contributed by atoms with Gasteiger partial charge in [-0.3, -0.25) is 9.67 Å². The van der Waals surface area contributed by atoms with Crippen molar-refractivity contribution in [2.75, 3.05) is 38.1 Å². The van der Waals surface area contributed by atoms with Crippen LogP contribution in [0.4, 0.5) is 5.00 Å². The fraction of sp³-hybridized carbons (Fsp3) is 0.467. The van der Waals surface area contributed by atoms with Gasteiger partial charge in [0.2, 0.25) is 0 Å². The minimum atomic E-state index is 0.756. The molecule has 22 heavy (non-hydrogen) atoms. The van der Waals surface area contributed by atoms with E-state index in [0.717, 1.165) is 38.7 Å². The summed E-state index contributed by atoms with van der Waals surface area (Å²) in [5.74, 6) is 0.967. The first-order valence-electron chi connectivity index (χ1n) is 7.48. The van der Waals surface area contributed by atoms with Gasteiger partial charge >= 0.3 is 0 Å². The van der Waals surface area contributed by atoms with Crippen molar-refractivity contribution in [2.45, 2.75) is 6.54 Å². The number of hydrogen-bond acceptors (Lipinski definition) is 4. The molecule has 0 bridgehead atoms. The molecule has 1 fully saturated rings. The van der Waals surface area contributed by atoms with E-state index in [2.05, 4.69) is 42.7 Å². The van der Waals surface area contributed by atoms with Gasteiger partial charge in [0, 0.05) is 58.6 Å². The Balaban J connectivity index is 1.52. The Morgan fingerprint density at radius 3 is 2.77 bits per heavy atom. The van der Waals surface area contributed by atoms with Gasteiger partial charge in [-0.15, -0.1) is 11.3 Å². The van der Waals surface area contributed by atoms with Crippen molar-refractivity contribution in [3.63, 3.8) is 0 Å². The van der Waals surface area contributed by atoms with E-state index in [4.69, 9.17) is 0 Å². The molecular formula is C15H22N6S. The number of nitrogens with zero attached hydrogens (tertiary/aromatic N) is 5. The number of aromatic nitrogens is 2. The zero-order valence-corrected chi connectivity index (χ0v) is 13.9. The van der Waals surface area contributed by atoms with Crippen molar-refractivity contribution in [1.29, 1.82) is 0 Å². The summed E-state index contributed by atoms with van der Waals surface area (Å²) >= 11 is 1.81. The van der Waals surface area contributed by atoms with Crippen LogP contribution in [0.3, 0.4) is 0 Å². The van der Waals surface area contributed by atoms with Gasteiger partial charge in [0.15, 0.2) is 5.96 Å². The number of thiophene rings is 1. The number of aryl methyl sites for hydroxylation is 1. The van der Waals surface area contributed by atoms with Crippen molar-refractivity contribution < 1.29 is 0 Å². The molecule has 1 N–H and O–H groups in total. The molecule has 1 aliphatic heterocycles. The summed E-state index contributed by atoms with van der Waals surface area (Å²) in [4.78, 5) is 9.17. The minimum absolute atomic E-state index is 0.756. The average Bonchev–Trinajstić information content (AvgIpc) is 3.20. The predicted octanol–water partition coefficient (Wildman–Crippen LogP) is 1.38. The summed E-state index contributed by atoms with van der Waals surface area (Å²) in [5, 5.41) is 11.1. The Hall–Kier alpha value is -2.02. The minimum Gasteiger partial charge on any atom is -0.360 e. The van der Waals surface area contributed by atoms with Crippen LogP contribution in [-0.4, -0.2) is 53.9 Å². The second kappa shape index (κ2) is 6.83. The van der Waals surface area contributed by atoms with Crippen LogP contribution in [0.2, 0.25) is 0 Å². The van der Waals surface area contributed by atoms with E-state index in [1.54, 1.807) is 11.3 Å². The lowest BCUT2D eigenvalue weighted by atomic mass is 10.3. The lowest BCUT2D eigenvalue weighted by molar-refractivity contribution is 0.373. The molecule has 3 heterocycles. The quantitative estimate of drug-likeness (QED) is 0.686. The largest absolute Gasteiger partial charge is 0.360 e. The molecule has 2 aromatic rings. The second-order valence-electron chi connectivity index (χ2n) is 5.35. The average molecular weight is 318 g/mol. The maximum atomic E-state index is 4.41. The van der Waals surface area contributed by atoms with E-state index in [1.807, 2.05) is 31.2 Å². The molecule has 1 aliphatic rings. The molecule has 0 saturated carbocycles. The highest BCUT2D eigenvalue weighted by atomic mass is 32.1. The summed E-state index contributed by atoms with van der Waals surface area (Å²) in [6.07, 6.45) is 3.91. The van der Waals surface area contributed by atoms with Crippen LogP contribution in [0.1, 0.15) is 5.56 Å².